The van der Waals surface area contributed by atoms with Gasteiger partial charge in [-0.25, -0.2) is 0 Å². The van der Waals surface area contributed by atoms with Crippen LogP contribution in [0, 0.1) is 0 Å². The molecule has 1 fully saturated rings. The SMILES string of the molecule is CC(=O)Nc1ccc(NC(=O)C(=O)NCC2(O)CCOCC2)cc1. The number of nitrogens with one attached hydrogen (secondary N) is 3. The molecule has 0 bridgehead atoms. The van der Waals surface area contributed by atoms with Gasteiger partial charge in [-0.15, -0.1) is 0 Å². The van der Waals surface area contributed by atoms with Gasteiger partial charge in [-0.2, -0.15) is 0 Å². The fraction of sp³-hybridized carbons (Fsp3) is 0.438. The second kappa shape index (κ2) is 7.89. The van der Waals surface area contributed by atoms with Crippen molar-refractivity contribution in [1.82, 2.24) is 5.32 Å². The molecule has 1 aliphatic rings. The van der Waals surface area contributed by atoms with Gasteiger partial charge in [0.05, 0.1) is 5.60 Å². The smallest absolute Gasteiger partial charge is 0.313 e. The van der Waals surface area contributed by atoms with Gasteiger partial charge in [0.2, 0.25) is 5.91 Å². The lowest BCUT2D eigenvalue weighted by Crippen LogP contribution is -2.48. The fourth-order valence-electron chi connectivity index (χ4n) is 2.28. The molecular formula is C16H21N3O5. The zero-order chi connectivity index (χ0) is 17.6. The number of hydrogen-bond acceptors (Lipinski definition) is 5. The summed E-state index contributed by atoms with van der Waals surface area (Å²) >= 11 is 0. The Morgan fingerprint density at radius 1 is 1.04 bits per heavy atom. The summed E-state index contributed by atoms with van der Waals surface area (Å²) in [6.45, 7) is 2.26. The average molecular weight is 335 g/mol. The first kappa shape index (κ1) is 17.9. The molecule has 8 heteroatoms. The first-order valence-corrected chi connectivity index (χ1v) is 7.65. The number of rotatable bonds is 4. The molecule has 1 aromatic rings. The summed E-state index contributed by atoms with van der Waals surface area (Å²) in [7, 11) is 0. The van der Waals surface area contributed by atoms with E-state index in [2.05, 4.69) is 16.0 Å². The molecule has 1 saturated heterocycles. The van der Waals surface area contributed by atoms with Gasteiger partial charge in [0.15, 0.2) is 0 Å². The van der Waals surface area contributed by atoms with Crippen molar-refractivity contribution < 1.29 is 24.2 Å². The van der Waals surface area contributed by atoms with Crippen molar-refractivity contribution >= 4 is 29.1 Å². The van der Waals surface area contributed by atoms with Crippen LogP contribution < -0.4 is 16.0 Å². The summed E-state index contributed by atoms with van der Waals surface area (Å²) in [6, 6.07) is 6.37. The first-order chi connectivity index (χ1) is 11.4. The Hall–Kier alpha value is -2.45. The predicted octanol–water partition coefficient (Wildman–Crippen LogP) is 0.241. The van der Waals surface area contributed by atoms with E-state index in [1.165, 1.54) is 6.92 Å². The van der Waals surface area contributed by atoms with Crippen molar-refractivity contribution in [3.8, 4) is 0 Å². The van der Waals surface area contributed by atoms with Gasteiger partial charge in [-0.05, 0) is 24.3 Å². The Morgan fingerprint density at radius 2 is 1.58 bits per heavy atom. The van der Waals surface area contributed by atoms with E-state index in [4.69, 9.17) is 4.74 Å². The molecule has 1 heterocycles. The van der Waals surface area contributed by atoms with E-state index in [-0.39, 0.29) is 12.5 Å². The van der Waals surface area contributed by atoms with Crippen LogP contribution >= 0.6 is 0 Å². The number of ether oxygens (including phenoxy) is 1. The molecule has 1 aromatic carbocycles. The van der Waals surface area contributed by atoms with E-state index < -0.39 is 17.4 Å². The number of benzene rings is 1. The highest BCUT2D eigenvalue weighted by molar-refractivity contribution is 6.39. The summed E-state index contributed by atoms with van der Waals surface area (Å²) in [4.78, 5) is 34.6. The molecule has 0 radical (unpaired) electrons. The van der Waals surface area contributed by atoms with Crippen LogP contribution in [0.15, 0.2) is 24.3 Å². The maximum atomic E-state index is 11.9. The molecule has 0 saturated carbocycles. The highest BCUT2D eigenvalue weighted by atomic mass is 16.5. The van der Waals surface area contributed by atoms with Crippen molar-refractivity contribution in [2.24, 2.45) is 0 Å². The van der Waals surface area contributed by atoms with Crippen molar-refractivity contribution in [3.05, 3.63) is 24.3 Å². The van der Waals surface area contributed by atoms with E-state index in [1.807, 2.05) is 0 Å². The normalized spacial score (nSPS) is 16.1. The van der Waals surface area contributed by atoms with Gasteiger partial charge in [0.25, 0.3) is 0 Å². The molecule has 130 valence electrons. The van der Waals surface area contributed by atoms with Crippen LogP contribution in [0.5, 0.6) is 0 Å². The summed E-state index contributed by atoms with van der Waals surface area (Å²) < 4.78 is 5.15. The van der Waals surface area contributed by atoms with E-state index in [0.29, 0.717) is 37.4 Å². The molecule has 3 amide bonds. The first-order valence-electron chi connectivity index (χ1n) is 7.65. The molecule has 0 spiro atoms. The Kier molecular flexibility index (Phi) is 5.88. The zero-order valence-corrected chi connectivity index (χ0v) is 13.4. The van der Waals surface area contributed by atoms with Crippen molar-refractivity contribution in [2.75, 3.05) is 30.4 Å². The topological polar surface area (TPSA) is 117 Å². The lowest BCUT2D eigenvalue weighted by molar-refractivity contribution is -0.137. The average Bonchev–Trinajstić information content (AvgIpc) is 2.54. The molecule has 0 unspecified atom stereocenters. The molecule has 2 rings (SSSR count). The van der Waals surface area contributed by atoms with E-state index in [1.54, 1.807) is 24.3 Å². The number of carbonyl (C=O) groups excluding carboxylic acids is 3. The maximum absolute atomic E-state index is 11.9. The van der Waals surface area contributed by atoms with Crippen LogP contribution in [0.2, 0.25) is 0 Å². The molecule has 0 aliphatic carbocycles. The van der Waals surface area contributed by atoms with Gasteiger partial charge in [-0.1, -0.05) is 0 Å². The van der Waals surface area contributed by atoms with Gasteiger partial charge >= 0.3 is 11.8 Å². The molecule has 4 N–H and O–H groups in total. The molecule has 8 nitrogen and oxygen atoms in total. The summed E-state index contributed by atoms with van der Waals surface area (Å²) in [5, 5.41) is 17.7. The molecule has 0 atom stereocenters. The Bertz CT molecular complexity index is 609. The monoisotopic (exact) mass is 335 g/mol. The highest BCUT2D eigenvalue weighted by Crippen LogP contribution is 2.19. The number of anilines is 2. The summed E-state index contributed by atoms with van der Waals surface area (Å²) in [5.41, 5.74) is -0.0190. The third-order valence-electron chi connectivity index (χ3n) is 3.67. The Balaban J connectivity index is 1.82. The minimum absolute atomic E-state index is 0.00405. The minimum Gasteiger partial charge on any atom is -0.388 e. The van der Waals surface area contributed by atoms with Gasteiger partial charge in [0.1, 0.15) is 0 Å². The highest BCUT2D eigenvalue weighted by Gasteiger charge is 2.30. The number of amides is 3. The van der Waals surface area contributed by atoms with Gasteiger partial charge < -0.3 is 25.8 Å². The van der Waals surface area contributed by atoms with Crippen molar-refractivity contribution in [2.45, 2.75) is 25.4 Å². The quantitative estimate of drug-likeness (QED) is 0.588. The second-order valence-electron chi connectivity index (χ2n) is 5.73. The molecule has 1 aliphatic heterocycles. The van der Waals surface area contributed by atoms with Crippen LogP contribution in [0.4, 0.5) is 11.4 Å². The lowest BCUT2D eigenvalue weighted by Gasteiger charge is -2.31. The largest absolute Gasteiger partial charge is 0.388 e. The van der Waals surface area contributed by atoms with Gasteiger partial charge in [-0.3, -0.25) is 14.4 Å². The van der Waals surface area contributed by atoms with E-state index >= 15 is 0 Å². The fourth-order valence-corrected chi connectivity index (χ4v) is 2.28. The third-order valence-corrected chi connectivity index (χ3v) is 3.67. The Labute approximate surface area is 139 Å². The minimum atomic E-state index is -1.03. The van der Waals surface area contributed by atoms with Crippen LogP contribution in [0.1, 0.15) is 19.8 Å². The maximum Gasteiger partial charge on any atom is 0.313 e. The Morgan fingerprint density at radius 3 is 2.12 bits per heavy atom. The lowest BCUT2D eigenvalue weighted by atomic mass is 9.94. The van der Waals surface area contributed by atoms with Gasteiger partial charge in [0, 0.05) is 50.9 Å². The molecular weight excluding hydrogens is 314 g/mol. The van der Waals surface area contributed by atoms with Crippen LogP contribution in [-0.2, 0) is 19.1 Å². The summed E-state index contributed by atoms with van der Waals surface area (Å²) in [5.74, 6) is -1.84. The van der Waals surface area contributed by atoms with E-state index in [0.717, 1.165) is 0 Å². The van der Waals surface area contributed by atoms with E-state index in [9.17, 15) is 19.5 Å². The third kappa shape index (κ3) is 5.32. The molecule has 0 aromatic heterocycles. The molecule has 24 heavy (non-hydrogen) atoms. The van der Waals surface area contributed by atoms with Crippen LogP contribution in [0.3, 0.4) is 0 Å². The summed E-state index contributed by atoms with van der Waals surface area (Å²) in [6.07, 6.45) is 0.832. The van der Waals surface area contributed by atoms with Crippen molar-refractivity contribution in [1.29, 1.82) is 0 Å². The number of carbonyl (C=O) groups is 3. The van der Waals surface area contributed by atoms with Crippen LogP contribution in [0.25, 0.3) is 0 Å². The standard InChI is InChI=1S/C16H21N3O5/c1-11(20)18-12-2-4-13(5-3-12)19-15(22)14(21)17-10-16(23)6-8-24-9-7-16/h2-5,23H,6-10H2,1H3,(H,17,21)(H,18,20)(H,19,22). The zero-order valence-electron chi connectivity index (χ0n) is 13.4. The predicted molar refractivity (Wildman–Crippen MR) is 87.4 cm³/mol. The second-order valence-corrected chi connectivity index (χ2v) is 5.73. The van der Waals surface area contributed by atoms with Crippen LogP contribution in [-0.4, -0.2) is 48.2 Å². The van der Waals surface area contributed by atoms with Crippen molar-refractivity contribution in [3.63, 3.8) is 0 Å². The number of hydrogen-bond donors (Lipinski definition) is 4. The number of aliphatic hydroxyl groups is 1.